The molecule has 0 radical (unpaired) electrons. The van der Waals surface area contributed by atoms with E-state index < -0.39 is 23.9 Å². The number of halogens is 2. The van der Waals surface area contributed by atoms with Gasteiger partial charge in [0.05, 0.1) is 34.6 Å². The fourth-order valence-corrected chi connectivity index (χ4v) is 6.08. The minimum atomic E-state index is -0.642. The van der Waals surface area contributed by atoms with Crippen LogP contribution < -0.4 is 25.5 Å². The van der Waals surface area contributed by atoms with Crippen molar-refractivity contribution >= 4 is 86.6 Å². The lowest BCUT2D eigenvalue weighted by Gasteiger charge is -2.30. The van der Waals surface area contributed by atoms with E-state index >= 15 is 0 Å². The first kappa shape index (κ1) is 32.5. The number of allylic oxidation sites excluding steroid dienone is 1. The van der Waals surface area contributed by atoms with Gasteiger partial charge >= 0.3 is 11.9 Å². The molecule has 1 heterocycles. The molecule has 0 aromatic heterocycles. The number of carbonyl (C=O) groups excluding carboxylic acids is 3. The molecule has 0 unspecified atom stereocenters. The fraction of sp³-hybridized carbons (Fsp3) is 0.296. The maximum Gasteiger partial charge on any atom is 0.344 e. The Bertz CT molecular complexity index is 1380. The van der Waals surface area contributed by atoms with Gasteiger partial charge in [-0.25, -0.2) is 15.0 Å². The van der Waals surface area contributed by atoms with Gasteiger partial charge in [0, 0.05) is 20.4 Å². The van der Waals surface area contributed by atoms with Crippen molar-refractivity contribution in [1.82, 2.24) is 16.1 Å². The minimum Gasteiger partial charge on any atom is -0.483 e. The lowest BCUT2D eigenvalue weighted by molar-refractivity contribution is -0.145. The zero-order valence-electron chi connectivity index (χ0n) is 22.4. The van der Waals surface area contributed by atoms with Crippen LogP contribution in [0.2, 0.25) is 0 Å². The second-order valence-electron chi connectivity index (χ2n) is 8.31. The molecule has 218 valence electrons. The summed E-state index contributed by atoms with van der Waals surface area (Å²) in [5.74, 6) is -0.677. The second kappa shape index (κ2) is 15.9. The van der Waals surface area contributed by atoms with E-state index in [4.69, 9.17) is 31.2 Å². The Morgan fingerprint density at radius 1 is 1.07 bits per heavy atom. The molecule has 3 N–H and O–H groups in total. The highest BCUT2D eigenvalue weighted by Gasteiger charge is 2.32. The van der Waals surface area contributed by atoms with Gasteiger partial charge in [0.15, 0.2) is 18.3 Å². The molecule has 11 nitrogen and oxygen atoms in total. The third kappa shape index (κ3) is 9.26. The molecule has 41 heavy (non-hydrogen) atoms. The Labute approximate surface area is 270 Å². The molecule has 2 aromatic rings. The van der Waals surface area contributed by atoms with E-state index in [0.717, 1.165) is 7.14 Å². The van der Waals surface area contributed by atoms with Crippen LogP contribution in [0.3, 0.4) is 0 Å². The number of carbonyl (C=O) groups is 3. The molecule has 1 atom stereocenters. The Morgan fingerprint density at radius 2 is 1.80 bits per heavy atom. The van der Waals surface area contributed by atoms with E-state index in [1.807, 2.05) is 6.07 Å². The first-order valence-corrected chi connectivity index (χ1v) is 15.0. The van der Waals surface area contributed by atoms with Crippen LogP contribution in [0.5, 0.6) is 11.5 Å². The normalized spacial score (nSPS) is 14.7. The third-order valence-electron chi connectivity index (χ3n) is 5.42. The molecule has 3 rings (SSSR count). The van der Waals surface area contributed by atoms with Crippen molar-refractivity contribution in [2.75, 3.05) is 26.4 Å². The van der Waals surface area contributed by atoms with Gasteiger partial charge < -0.3 is 29.6 Å². The van der Waals surface area contributed by atoms with E-state index in [1.54, 1.807) is 51.1 Å². The highest BCUT2D eigenvalue weighted by atomic mass is 127. The molecule has 0 fully saturated rings. The van der Waals surface area contributed by atoms with Gasteiger partial charge in [0.25, 0.3) is 5.91 Å². The largest absolute Gasteiger partial charge is 0.483 e. The second-order valence-corrected chi connectivity index (χ2v) is 11.1. The van der Waals surface area contributed by atoms with Crippen LogP contribution in [-0.2, 0) is 23.9 Å². The number of nitrogens with one attached hydrogen (secondary N) is 3. The Kier molecular flexibility index (Phi) is 12.6. The predicted octanol–water partition coefficient (Wildman–Crippen LogP) is 3.72. The number of thiocarbonyl (C=S) groups is 1. The van der Waals surface area contributed by atoms with Crippen LogP contribution in [-0.4, -0.2) is 55.6 Å². The fourth-order valence-electron chi connectivity index (χ4n) is 3.77. The lowest BCUT2D eigenvalue weighted by atomic mass is 9.95. The van der Waals surface area contributed by atoms with Gasteiger partial charge in [0.1, 0.15) is 11.5 Å². The molecule has 2 aromatic carbocycles. The summed E-state index contributed by atoms with van der Waals surface area (Å²) in [7, 11) is 0. The molecule has 0 saturated heterocycles. The van der Waals surface area contributed by atoms with Crippen LogP contribution in [0.4, 0.5) is 0 Å². The van der Waals surface area contributed by atoms with Crippen molar-refractivity contribution in [3.8, 4) is 11.5 Å². The topological polar surface area (TPSA) is 137 Å². The van der Waals surface area contributed by atoms with E-state index in [9.17, 15) is 14.4 Å². The van der Waals surface area contributed by atoms with Crippen LogP contribution in [0, 0.1) is 7.14 Å². The van der Waals surface area contributed by atoms with Gasteiger partial charge in [-0.3, -0.25) is 4.79 Å². The van der Waals surface area contributed by atoms with Gasteiger partial charge in [-0.2, -0.15) is 5.10 Å². The Hall–Kier alpha value is -2.99. The molecule has 0 aliphatic carbocycles. The molecule has 1 amide bonds. The van der Waals surface area contributed by atoms with Gasteiger partial charge in [-0.15, -0.1) is 0 Å². The monoisotopic (exact) mass is 806 g/mol. The van der Waals surface area contributed by atoms with Gasteiger partial charge in [-0.05, 0) is 96.4 Å². The summed E-state index contributed by atoms with van der Waals surface area (Å²) in [6.07, 6.45) is 1.43. The number of hydrazone groups is 1. The molecule has 1 aliphatic heterocycles. The van der Waals surface area contributed by atoms with Gasteiger partial charge in [0.2, 0.25) is 0 Å². The maximum absolute atomic E-state index is 12.7. The summed E-state index contributed by atoms with van der Waals surface area (Å²) in [5, 5.41) is 10.4. The average Bonchev–Trinajstić information content (AvgIpc) is 2.91. The highest BCUT2D eigenvalue weighted by molar-refractivity contribution is 14.1. The molecular weight excluding hydrogens is 778 g/mol. The van der Waals surface area contributed by atoms with Crippen molar-refractivity contribution < 1.29 is 33.3 Å². The molecule has 14 heteroatoms. The zero-order valence-corrected chi connectivity index (χ0v) is 27.5. The smallest absolute Gasteiger partial charge is 0.344 e. The van der Waals surface area contributed by atoms with Crippen LogP contribution >= 0.6 is 57.4 Å². The standard InChI is InChI=1S/C27H28I2N4O7S/c1-4-37-22(35)14-40-25-16(10-17(28)11-19(25)29)12-30-33-21(34)13-39-20-9-7-6-8-18(20)24-23(26(36)38-5-2)15(3)31-27(41)32-24/h6-12,24H,4-5,13-14H2,1-3H3,(H,33,34)(H2,31,32,41)/t24-/m1/s1. The number of amides is 1. The minimum absolute atomic E-state index is 0.214. The number of benzene rings is 2. The quantitative estimate of drug-likeness (QED) is 0.0958. The summed E-state index contributed by atoms with van der Waals surface area (Å²) in [5.41, 5.74) is 4.53. The van der Waals surface area contributed by atoms with Crippen molar-refractivity contribution in [3.63, 3.8) is 0 Å². The molecule has 0 saturated carbocycles. The van der Waals surface area contributed by atoms with Crippen LogP contribution in [0.25, 0.3) is 0 Å². The molecule has 0 bridgehead atoms. The van der Waals surface area contributed by atoms with E-state index in [1.165, 1.54) is 6.21 Å². The molecule has 0 spiro atoms. The number of hydrogen-bond donors (Lipinski definition) is 3. The summed E-state index contributed by atoms with van der Waals surface area (Å²) in [6, 6.07) is 10.1. The van der Waals surface area contributed by atoms with Crippen molar-refractivity contribution in [2.45, 2.75) is 26.8 Å². The van der Waals surface area contributed by atoms with Crippen molar-refractivity contribution in [2.24, 2.45) is 5.10 Å². The average molecular weight is 806 g/mol. The molecular formula is C27H28I2N4O7S. The van der Waals surface area contributed by atoms with Crippen molar-refractivity contribution in [1.29, 1.82) is 0 Å². The summed E-state index contributed by atoms with van der Waals surface area (Å²) >= 11 is 9.55. The Morgan fingerprint density at radius 3 is 2.54 bits per heavy atom. The summed E-state index contributed by atoms with van der Waals surface area (Å²) in [6.45, 7) is 5.05. The summed E-state index contributed by atoms with van der Waals surface area (Å²) in [4.78, 5) is 37.1. The predicted molar refractivity (Wildman–Crippen MR) is 173 cm³/mol. The first-order valence-electron chi connectivity index (χ1n) is 12.4. The number of nitrogens with zero attached hydrogens (tertiary/aromatic N) is 1. The van der Waals surface area contributed by atoms with Crippen LogP contribution in [0.1, 0.15) is 37.9 Å². The SMILES string of the molecule is CCOC(=O)COc1c(I)cc(I)cc1C=NNC(=O)COc1ccccc1[C@H]1NC(=S)NC(C)=C1C(=O)OCC. The zero-order chi connectivity index (χ0) is 29.9. The number of ether oxygens (including phenoxy) is 4. The first-order chi connectivity index (χ1) is 19.6. The molecule has 1 aliphatic rings. The van der Waals surface area contributed by atoms with E-state index in [-0.39, 0.29) is 26.4 Å². The third-order valence-corrected chi connectivity index (χ3v) is 7.07. The summed E-state index contributed by atoms with van der Waals surface area (Å²) < 4.78 is 23.3. The number of para-hydroxylation sites is 1. The van der Waals surface area contributed by atoms with E-state index in [2.05, 4.69) is 66.3 Å². The number of rotatable bonds is 12. The number of hydrogen-bond acceptors (Lipinski definition) is 9. The highest BCUT2D eigenvalue weighted by Crippen LogP contribution is 2.33. The Balaban J connectivity index is 1.70. The number of esters is 2. The van der Waals surface area contributed by atoms with Crippen molar-refractivity contribution in [3.05, 3.63) is 65.9 Å². The van der Waals surface area contributed by atoms with E-state index in [0.29, 0.717) is 39.0 Å². The van der Waals surface area contributed by atoms with Crippen LogP contribution in [0.15, 0.2) is 52.8 Å². The van der Waals surface area contributed by atoms with Gasteiger partial charge in [-0.1, -0.05) is 18.2 Å². The maximum atomic E-state index is 12.7. The lowest BCUT2D eigenvalue weighted by Crippen LogP contribution is -2.45.